The topological polar surface area (TPSA) is 99.2 Å². The fourth-order valence-electron chi connectivity index (χ4n) is 4.82. The molecule has 0 unspecified atom stereocenters. The zero-order valence-corrected chi connectivity index (χ0v) is 22.3. The molecule has 3 N–H and O–H groups in total. The first-order valence-corrected chi connectivity index (χ1v) is 13.2. The molecule has 0 saturated heterocycles. The van der Waals surface area contributed by atoms with E-state index >= 15 is 0 Å². The number of aromatic nitrogens is 2. The zero-order chi connectivity index (χ0) is 26.4. The van der Waals surface area contributed by atoms with E-state index in [1.807, 2.05) is 63.2 Å². The van der Waals surface area contributed by atoms with Gasteiger partial charge in [-0.15, -0.1) is 0 Å². The molecule has 1 aromatic heterocycles. The molecule has 196 valence electrons. The highest BCUT2D eigenvalue weighted by molar-refractivity contribution is 5.97. The Balaban J connectivity index is 1.27. The van der Waals surface area contributed by atoms with E-state index in [1.165, 1.54) is 0 Å². The highest BCUT2D eigenvalue weighted by atomic mass is 16.2. The molecule has 0 atom stereocenters. The zero-order valence-electron chi connectivity index (χ0n) is 22.3. The predicted molar refractivity (Wildman–Crippen MR) is 150 cm³/mol. The Morgan fingerprint density at radius 3 is 2.49 bits per heavy atom. The Hall–Kier alpha value is -3.68. The fourth-order valence-corrected chi connectivity index (χ4v) is 4.82. The summed E-state index contributed by atoms with van der Waals surface area (Å²) in [4.78, 5) is 36.3. The second-order valence-electron chi connectivity index (χ2n) is 10.6. The summed E-state index contributed by atoms with van der Waals surface area (Å²) in [6.45, 7) is 4.66. The summed E-state index contributed by atoms with van der Waals surface area (Å²) in [6.07, 6.45) is 4.52. The Bertz CT molecular complexity index is 1230. The SMILES string of the molecule is CC(C)CC(=O)Nc1cccc(C(=O)NC[C@H]2CC[C@@H](Nc3nc(N(C)C)c4ccccc4n3)CC2)c1. The van der Waals surface area contributed by atoms with E-state index in [9.17, 15) is 9.59 Å². The largest absolute Gasteiger partial charge is 0.362 e. The summed E-state index contributed by atoms with van der Waals surface area (Å²) >= 11 is 0. The van der Waals surface area contributed by atoms with Crippen LogP contribution in [0.2, 0.25) is 0 Å². The van der Waals surface area contributed by atoms with Crippen LogP contribution in [0.3, 0.4) is 0 Å². The Kier molecular flexibility index (Phi) is 8.58. The molecule has 8 nitrogen and oxygen atoms in total. The van der Waals surface area contributed by atoms with Crippen molar-refractivity contribution in [2.75, 3.05) is 36.2 Å². The molecule has 0 spiro atoms. The highest BCUT2D eigenvalue weighted by Crippen LogP contribution is 2.28. The van der Waals surface area contributed by atoms with E-state index < -0.39 is 0 Å². The van der Waals surface area contributed by atoms with Crippen molar-refractivity contribution in [1.82, 2.24) is 15.3 Å². The number of carbonyl (C=O) groups excluding carboxylic acids is 2. The van der Waals surface area contributed by atoms with Gasteiger partial charge in [-0.05, 0) is 67.9 Å². The van der Waals surface area contributed by atoms with Gasteiger partial charge in [0.1, 0.15) is 5.82 Å². The van der Waals surface area contributed by atoms with Crippen LogP contribution in [0.15, 0.2) is 48.5 Å². The predicted octanol–water partition coefficient (Wildman–Crippen LogP) is 5.08. The third-order valence-electron chi connectivity index (χ3n) is 6.74. The molecule has 1 heterocycles. The molecule has 1 fully saturated rings. The summed E-state index contributed by atoms with van der Waals surface area (Å²) in [5.41, 5.74) is 2.14. The van der Waals surface area contributed by atoms with Gasteiger partial charge in [0.15, 0.2) is 0 Å². The third-order valence-corrected chi connectivity index (χ3v) is 6.74. The van der Waals surface area contributed by atoms with Gasteiger partial charge in [-0.3, -0.25) is 9.59 Å². The number of nitrogens with one attached hydrogen (secondary N) is 3. The van der Waals surface area contributed by atoms with Gasteiger partial charge in [-0.2, -0.15) is 4.98 Å². The minimum Gasteiger partial charge on any atom is -0.362 e. The molecular weight excluding hydrogens is 464 g/mol. The summed E-state index contributed by atoms with van der Waals surface area (Å²) in [7, 11) is 3.99. The van der Waals surface area contributed by atoms with Crippen LogP contribution in [0.5, 0.6) is 0 Å². The minimum absolute atomic E-state index is 0.0371. The van der Waals surface area contributed by atoms with Gasteiger partial charge in [0.05, 0.1) is 5.52 Å². The lowest BCUT2D eigenvalue weighted by atomic mass is 9.86. The van der Waals surface area contributed by atoms with E-state index in [4.69, 9.17) is 9.97 Å². The molecule has 0 bridgehead atoms. The quantitative estimate of drug-likeness (QED) is 0.377. The molecule has 1 aliphatic rings. The van der Waals surface area contributed by atoms with E-state index in [0.717, 1.165) is 42.4 Å². The molecule has 2 aromatic carbocycles. The van der Waals surface area contributed by atoms with Crippen molar-refractivity contribution in [3.05, 3.63) is 54.1 Å². The lowest BCUT2D eigenvalue weighted by Crippen LogP contribution is -2.34. The van der Waals surface area contributed by atoms with Gasteiger partial charge in [0, 0.05) is 49.7 Å². The number of amides is 2. The van der Waals surface area contributed by atoms with Crippen LogP contribution < -0.4 is 20.9 Å². The second kappa shape index (κ2) is 12.0. The Morgan fingerprint density at radius 1 is 1.00 bits per heavy atom. The molecule has 1 saturated carbocycles. The summed E-state index contributed by atoms with van der Waals surface area (Å²) < 4.78 is 0. The Labute approximate surface area is 219 Å². The van der Waals surface area contributed by atoms with Gasteiger partial charge in [-0.1, -0.05) is 32.0 Å². The molecule has 37 heavy (non-hydrogen) atoms. The van der Waals surface area contributed by atoms with Crippen LogP contribution in [0.25, 0.3) is 10.9 Å². The molecule has 8 heteroatoms. The number of fused-ring (bicyclic) bond motifs is 1. The van der Waals surface area contributed by atoms with Crippen LogP contribution in [0.1, 0.15) is 56.3 Å². The van der Waals surface area contributed by atoms with Crippen molar-refractivity contribution in [3.8, 4) is 0 Å². The van der Waals surface area contributed by atoms with Crippen LogP contribution in [-0.4, -0.2) is 48.5 Å². The summed E-state index contributed by atoms with van der Waals surface area (Å²) in [5, 5.41) is 10.5. The molecule has 4 rings (SSSR count). The van der Waals surface area contributed by atoms with Gasteiger partial charge >= 0.3 is 0 Å². The summed E-state index contributed by atoms with van der Waals surface area (Å²) in [6, 6.07) is 15.5. The lowest BCUT2D eigenvalue weighted by Gasteiger charge is -2.29. The average molecular weight is 503 g/mol. The van der Waals surface area contributed by atoms with Crippen molar-refractivity contribution in [3.63, 3.8) is 0 Å². The van der Waals surface area contributed by atoms with E-state index in [0.29, 0.717) is 42.1 Å². The van der Waals surface area contributed by atoms with E-state index in [2.05, 4.69) is 16.0 Å². The maximum atomic E-state index is 12.7. The van der Waals surface area contributed by atoms with Crippen molar-refractivity contribution in [2.24, 2.45) is 11.8 Å². The second-order valence-corrected chi connectivity index (χ2v) is 10.6. The van der Waals surface area contributed by atoms with Crippen LogP contribution in [0, 0.1) is 11.8 Å². The van der Waals surface area contributed by atoms with Crippen molar-refractivity contribution >= 4 is 40.2 Å². The maximum Gasteiger partial charge on any atom is 0.251 e. The number of hydrogen-bond donors (Lipinski definition) is 3. The van der Waals surface area contributed by atoms with Crippen LogP contribution >= 0.6 is 0 Å². The first-order chi connectivity index (χ1) is 17.8. The number of rotatable bonds is 9. The van der Waals surface area contributed by atoms with Crippen LogP contribution in [0.4, 0.5) is 17.5 Å². The lowest BCUT2D eigenvalue weighted by molar-refractivity contribution is -0.116. The first-order valence-electron chi connectivity index (χ1n) is 13.2. The van der Waals surface area contributed by atoms with Gasteiger partial charge < -0.3 is 20.9 Å². The molecule has 2 amide bonds. The number of benzene rings is 2. The van der Waals surface area contributed by atoms with Crippen LogP contribution in [-0.2, 0) is 4.79 Å². The summed E-state index contributed by atoms with van der Waals surface area (Å²) in [5.74, 6) is 2.15. The number of hydrogen-bond acceptors (Lipinski definition) is 6. The van der Waals surface area contributed by atoms with Crippen molar-refractivity contribution in [1.29, 1.82) is 0 Å². The number of para-hydroxylation sites is 1. The molecule has 3 aromatic rings. The van der Waals surface area contributed by atoms with Crippen molar-refractivity contribution < 1.29 is 9.59 Å². The number of anilines is 3. The molecule has 1 aliphatic carbocycles. The monoisotopic (exact) mass is 502 g/mol. The van der Waals surface area contributed by atoms with Gasteiger partial charge in [-0.25, -0.2) is 4.98 Å². The number of carbonyl (C=O) groups is 2. The molecule has 0 radical (unpaired) electrons. The molecular formula is C29H38N6O2. The minimum atomic E-state index is -0.110. The van der Waals surface area contributed by atoms with E-state index in [1.54, 1.807) is 18.2 Å². The highest BCUT2D eigenvalue weighted by Gasteiger charge is 2.23. The fraction of sp³-hybridized carbons (Fsp3) is 0.448. The standard InChI is InChI=1S/C29H38N6O2/c1-19(2)16-26(36)31-23-9-7-8-21(17-23)28(37)30-18-20-12-14-22(15-13-20)32-29-33-25-11-6-5-10-24(25)27(34-29)35(3)4/h5-11,17,19-20,22H,12-16,18H2,1-4H3,(H,30,37)(H,31,36)(H,32,33,34)/t20-,22+. The number of nitrogens with zero attached hydrogens (tertiary/aromatic N) is 3. The maximum absolute atomic E-state index is 12.7. The smallest absolute Gasteiger partial charge is 0.251 e. The first kappa shape index (κ1) is 26.4. The van der Waals surface area contributed by atoms with Crippen molar-refractivity contribution in [2.45, 2.75) is 52.0 Å². The third kappa shape index (κ3) is 7.18. The average Bonchev–Trinajstić information content (AvgIpc) is 2.87. The Morgan fingerprint density at radius 2 is 1.76 bits per heavy atom. The normalized spacial score (nSPS) is 17.4. The van der Waals surface area contributed by atoms with Gasteiger partial charge in [0.2, 0.25) is 11.9 Å². The van der Waals surface area contributed by atoms with E-state index in [-0.39, 0.29) is 17.7 Å². The van der Waals surface area contributed by atoms with Gasteiger partial charge in [0.25, 0.3) is 5.91 Å². The molecule has 0 aliphatic heterocycles.